The maximum Gasteiger partial charge on any atom is 0.258 e. The van der Waals surface area contributed by atoms with Gasteiger partial charge in [0.2, 0.25) is 17.7 Å². The van der Waals surface area contributed by atoms with Gasteiger partial charge in [-0.2, -0.15) is 28.1 Å². The first-order valence-electron chi connectivity index (χ1n) is 28.7. The lowest BCUT2D eigenvalue weighted by Gasteiger charge is -2.22. The minimum atomic E-state index is -0.809. The molecule has 456 valence electrons. The van der Waals surface area contributed by atoms with Crippen molar-refractivity contribution in [1.29, 1.82) is 0 Å². The monoisotopic (exact) mass is 1200 g/mol. The van der Waals surface area contributed by atoms with Crippen molar-refractivity contribution in [3.63, 3.8) is 0 Å². The topological polar surface area (TPSA) is 305 Å². The summed E-state index contributed by atoms with van der Waals surface area (Å²) < 4.78 is 53.1. The Bertz CT molecular complexity index is 4120. The Labute approximate surface area is 503 Å². The Balaban J connectivity index is 0.000000137. The number of carbonyl (C=O) groups excluding carboxylic acids is 3. The summed E-state index contributed by atoms with van der Waals surface area (Å²) in [5.41, 5.74) is 5.03. The lowest BCUT2D eigenvalue weighted by Crippen LogP contribution is -2.16. The van der Waals surface area contributed by atoms with Gasteiger partial charge in [0.25, 0.3) is 5.95 Å². The van der Waals surface area contributed by atoms with Crippen LogP contribution in [-0.4, -0.2) is 122 Å². The fourth-order valence-corrected chi connectivity index (χ4v) is 10.2. The molecule has 1 aliphatic carbocycles. The molecular formula is C60H65FN18O9. The Morgan fingerprint density at radius 1 is 0.557 bits per heavy atom. The Kier molecular flexibility index (Phi) is 17.7. The van der Waals surface area contributed by atoms with Crippen LogP contribution in [0.4, 0.5) is 73.4 Å². The van der Waals surface area contributed by atoms with Crippen molar-refractivity contribution in [2.24, 2.45) is 5.92 Å². The molecule has 9 heterocycles. The van der Waals surface area contributed by atoms with Gasteiger partial charge in [-0.25, -0.2) is 15.0 Å². The lowest BCUT2D eigenvalue weighted by atomic mass is 10.0. The van der Waals surface area contributed by atoms with Crippen LogP contribution in [0.2, 0.25) is 0 Å². The molecule has 88 heavy (non-hydrogen) atoms. The summed E-state index contributed by atoms with van der Waals surface area (Å²) in [7, 11) is 5.28. The molecule has 3 amide bonds. The fraction of sp³-hybridized carbons (Fsp3) is 0.317. The second-order valence-electron chi connectivity index (χ2n) is 20.3. The number of terminal acetylenes is 1. The average molecular weight is 1200 g/mol. The van der Waals surface area contributed by atoms with Gasteiger partial charge < -0.3 is 76.3 Å². The van der Waals surface area contributed by atoms with Crippen molar-refractivity contribution in [1.82, 2.24) is 43.8 Å². The highest BCUT2D eigenvalue weighted by Crippen LogP contribution is 2.43. The number of para-hydroxylation sites is 2. The van der Waals surface area contributed by atoms with Crippen LogP contribution < -0.4 is 76.3 Å². The van der Waals surface area contributed by atoms with Gasteiger partial charge in [0.15, 0.2) is 51.4 Å². The van der Waals surface area contributed by atoms with E-state index < -0.39 is 5.95 Å². The Morgan fingerprint density at radius 3 is 1.52 bits per heavy atom. The second-order valence-corrected chi connectivity index (χ2v) is 20.3. The molecular weight excluding hydrogens is 1140 g/mol. The summed E-state index contributed by atoms with van der Waals surface area (Å²) in [5.74, 6) is 9.08. The summed E-state index contributed by atoms with van der Waals surface area (Å²) >= 11 is 0. The molecule has 0 atom stereocenters. The van der Waals surface area contributed by atoms with Crippen molar-refractivity contribution in [3.8, 4) is 46.8 Å². The van der Waals surface area contributed by atoms with E-state index in [-0.39, 0.29) is 35.5 Å². The fourth-order valence-electron chi connectivity index (χ4n) is 10.2. The van der Waals surface area contributed by atoms with Crippen LogP contribution in [0, 0.1) is 24.2 Å². The molecule has 1 fully saturated rings. The van der Waals surface area contributed by atoms with Crippen LogP contribution >= 0.6 is 0 Å². The van der Waals surface area contributed by atoms with Crippen LogP contribution in [0.15, 0.2) is 79.1 Å². The van der Waals surface area contributed by atoms with E-state index in [0.29, 0.717) is 162 Å². The molecule has 3 aromatic carbocycles. The van der Waals surface area contributed by atoms with Crippen molar-refractivity contribution in [3.05, 3.63) is 90.6 Å². The maximum absolute atomic E-state index is 14.3. The predicted molar refractivity (Wildman–Crippen MR) is 331 cm³/mol. The highest BCUT2D eigenvalue weighted by atomic mass is 19.1. The zero-order chi connectivity index (χ0) is 61.3. The first kappa shape index (κ1) is 58.8. The summed E-state index contributed by atoms with van der Waals surface area (Å²) in [6, 6.07) is 20.1. The van der Waals surface area contributed by atoms with E-state index in [4.69, 9.17) is 39.8 Å². The number of hydrogen-bond acceptors (Lipinski definition) is 21. The molecule has 3 aliphatic heterocycles. The number of amides is 3. The van der Waals surface area contributed by atoms with E-state index in [0.717, 1.165) is 24.3 Å². The van der Waals surface area contributed by atoms with E-state index in [1.807, 2.05) is 49.5 Å². The molecule has 0 bridgehead atoms. The summed E-state index contributed by atoms with van der Waals surface area (Å²) in [4.78, 5) is 49.9. The third-order valence-electron chi connectivity index (χ3n) is 14.4. The Morgan fingerprint density at radius 2 is 1.01 bits per heavy atom. The second kappa shape index (κ2) is 26.5. The van der Waals surface area contributed by atoms with E-state index in [1.54, 1.807) is 73.6 Å². The van der Waals surface area contributed by atoms with Gasteiger partial charge in [-0.3, -0.25) is 14.4 Å². The van der Waals surface area contributed by atoms with Crippen molar-refractivity contribution < 1.29 is 47.2 Å². The normalized spacial score (nSPS) is 13.6. The van der Waals surface area contributed by atoms with Gasteiger partial charge in [-0.15, -0.1) is 11.5 Å². The van der Waals surface area contributed by atoms with Crippen molar-refractivity contribution in [2.75, 3.05) is 109 Å². The standard InChI is InChI=1S/C22H26N6O3.C20H20N6O3.C18H19FN6O3/c1-23-19-12-18(25-15-7-4-8-17-21(15)31-10-9-30-17)27-22-16(13-24-28(19)22)26-20(29)11-14-5-2-3-6-14;1-4-12-8-13(19-15(9-12)28-6-7-29-19)23-16-10-17(21-3)26-20(25-16)14(11-22-26)24-18(27)5-2;1-3-14(26)23-15-17(19)24-25-13(20-2)9-12(22-18(15)25)21-10-5-4-6-11-16(10)28-8-7-27-11/h4,7-8,12-14,23H,2-3,5-6,9-11H2,1H3,(H,25,27)(H,26,29);1,8-11,21H,5-7H2,2-3H3,(H,23,25)(H,24,27);4-6,9,20H,3,7-8H2,1-2H3,(H,21,22)(H,23,26). The van der Waals surface area contributed by atoms with Crippen molar-refractivity contribution >= 4 is 104 Å². The predicted octanol–water partition coefficient (Wildman–Crippen LogP) is 9.19. The van der Waals surface area contributed by atoms with E-state index in [1.165, 1.54) is 17.4 Å². The zero-order valence-electron chi connectivity index (χ0n) is 48.9. The minimum absolute atomic E-state index is 0.00986. The molecule has 0 radical (unpaired) electrons. The van der Waals surface area contributed by atoms with Crippen LogP contribution in [0.3, 0.4) is 0 Å². The number of ether oxygens (including phenoxy) is 6. The number of nitrogens with zero attached hydrogens (tertiary/aromatic N) is 9. The summed E-state index contributed by atoms with van der Waals surface area (Å²) in [6.07, 6.45) is 14.6. The van der Waals surface area contributed by atoms with Crippen LogP contribution in [0.5, 0.6) is 34.5 Å². The highest BCUT2D eigenvalue weighted by Gasteiger charge is 2.25. The number of nitrogens with one attached hydrogen (secondary N) is 9. The summed E-state index contributed by atoms with van der Waals surface area (Å²) in [5, 5.41) is 39.8. The number of benzene rings is 3. The molecule has 27 nitrogen and oxygen atoms in total. The first-order valence-corrected chi connectivity index (χ1v) is 28.7. The quantitative estimate of drug-likeness (QED) is 0.0407. The third kappa shape index (κ3) is 12.8. The van der Waals surface area contributed by atoms with E-state index in [9.17, 15) is 18.8 Å². The number of hydrogen-bond donors (Lipinski definition) is 9. The number of anilines is 12. The number of fused-ring (bicyclic) bond motifs is 6. The van der Waals surface area contributed by atoms with Gasteiger partial charge in [0.05, 0.1) is 29.5 Å². The number of carbonyl (C=O) groups is 3. The maximum atomic E-state index is 14.3. The Hall–Kier alpha value is -11.0. The molecule has 6 aromatic heterocycles. The molecule has 0 saturated heterocycles. The molecule has 0 spiro atoms. The summed E-state index contributed by atoms with van der Waals surface area (Å²) in [6.45, 7) is 6.33. The van der Waals surface area contributed by atoms with Crippen LogP contribution in [-0.2, 0) is 14.4 Å². The third-order valence-corrected chi connectivity index (χ3v) is 14.4. The molecule has 9 aromatic rings. The number of aromatic nitrogens is 9. The van der Waals surface area contributed by atoms with Gasteiger partial charge in [-0.1, -0.05) is 44.7 Å². The largest absolute Gasteiger partial charge is 0.486 e. The van der Waals surface area contributed by atoms with Crippen LogP contribution in [0.25, 0.3) is 16.9 Å². The molecule has 13 rings (SSSR count). The zero-order valence-corrected chi connectivity index (χ0v) is 48.9. The molecule has 28 heteroatoms. The number of rotatable bonds is 16. The first-order chi connectivity index (χ1) is 42.9. The molecule has 0 unspecified atom stereocenters. The SMILES string of the molecule is C#Cc1cc(Nc2cc(NC)n3ncc(NC(=O)CC)c3n2)c2c(c1)OCCO2.CCC(=O)Nc1c(F)nn2c(NC)cc(Nc3cccc4c3OCCO4)nc12.CNc1cc(Nc2cccc3c2OCCO3)nc2c(NC(=O)CC3CCCC3)cnn12. The van der Waals surface area contributed by atoms with E-state index >= 15 is 0 Å². The molecule has 4 aliphatic rings. The number of halogens is 1. The van der Waals surface area contributed by atoms with Gasteiger partial charge in [-0.05, 0) is 55.2 Å². The highest BCUT2D eigenvalue weighted by molar-refractivity contribution is 5.96. The molecule has 9 N–H and O–H groups in total. The lowest BCUT2D eigenvalue weighted by molar-refractivity contribution is -0.117. The van der Waals surface area contributed by atoms with Gasteiger partial charge in [0.1, 0.15) is 91.6 Å². The van der Waals surface area contributed by atoms with E-state index in [2.05, 4.69) is 79.0 Å². The smallest absolute Gasteiger partial charge is 0.258 e. The van der Waals surface area contributed by atoms with Crippen molar-refractivity contribution in [2.45, 2.75) is 58.8 Å². The minimum Gasteiger partial charge on any atom is -0.486 e. The van der Waals surface area contributed by atoms with Gasteiger partial charge in [0, 0.05) is 64.2 Å². The van der Waals surface area contributed by atoms with Crippen LogP contribution in [0.1, 0.15) is 64.4 Å². The van der Waals surface area contributed by atoms with Gasteiger partial charge >= 0.3 is 0 Å². The average Bonchev–Trinajstić information content (AvgIpc) is 3.83. The molecule has 1 saturated carbocycles.